The molecule has 2 N–H and O–H groups in total. The highest BCUT2D eigenvalue weighted by Gasteiger charge is 2.65. The van der Waals surface area contributed by atoms with E-state index in [0.29, 0.717) is 22.6 Å². The van der Waals surface area contributed by atoms with Crippen LogP contribution in [0.1, 0.15) is 71.1 Å². The van der Waals surface area contributed by atoms with Crippen molar-refractivity contribution in [2.45, 2.75) is 55.5 Å². The molecule has 0 spiro atoms. The van der Waals surface area contributed by atoms with Crippen LogP contribution in [-0.2, 0) is 4.74 Å². The summed E-state index contributed by atoms with van der Waals surface area (Å²) < 4.78 is 67.9. The van der Waals surface area contributed by atoms with E-state index in [2.05, 4.69) is 31.0 Å². The lowest BCUT2D eigenvalue weighted by atomic mass is 9.99. The van der Waals surface area contributed by atoms with Gasteiger partial charge in [-0.3, -0.25) is 4.79 Å². The number of halogens is 4. The first-order valence-electron chi connectivity index (χ1n) is 13.8. The fraction of sp³-hybridized carbons (Fsp3) is 0.615. The zero-order chi connectivity index (χ0) is 29.4. The Labute approximate surface area is 236 Å². The van der Waals surface area contributed by atoms with Crippen LogP contribution < -0.4 is 10.6 Å². The number of imidazole rings is 1. The molecule has 42 heavy (non-hydrogen) atoms. The number of nitrogens with one attached hydrogen (secondary N) is 2. The molecule has 3 aromatic heterocycles. The third-order valence-electron chi connectivity index (χ3n) is 8.76. The van der Waals surface area contributed by atoms with Crippen molar-refractivity contribution in [3.05, 3.63) is 41.1 Å². The third kappa shape index (κ3) is 4.84. The van der Waals surface area contributed by atoms with E-state index >= 15 is 0 Å². The molecule has 1 aliphatic heterocycles. The van der Waals surface area contributed by atoms with Crippen molar-refractivity contribution in [2.75, 3.05) is 26.8 Å². The minimum Gasteiger partial charge on any atom is -0.382 e. The van der Waals surface area contributed by atoms with Gasteiger partial charge in [0.25, 0.3) is 11.8 Å². The van der Waals surface area contributed by atoms with Crippen LogP contribution in [0.25, 0.3) is 5.65 Å². The van der Waals surface area contributed by atoms with E-state index in [1.807, 2.05) is 0 Å². The highest BCUT2D eigenvalue weighted by Crippen LogP contribution is 2.66. The first-order valence-corrected chi connectivity index (χ1v) is 13.8. The first kappa shape index (κ1) is 27.0. The van der Waals surface area contributed by atoms with Crippen molar-refractivity contribution in [3.8, 4) is 0 Å². The molecular formula is C26H28F4N8O4. The average Bonchev–Trinajstić information content (AvgIpc) is 3.70. The second-order valence-electron chi connectivity index (χ2n) is 11.8. The maximum atomic E-state index is 14.2. The monoisotopic (exact) mass is 592 g/mol. The number of hydrogen-bond acceptors (Lipinski definition) is 8. The molecule has 0 bridgehead atoms. The van der Waals surface area contributed by atoms with E-state index in [0.717, 1.165) is 17.7 Å². The van der Waals surface area contributed by atoms with Crippen LogP contribution in [0.2, 0.25) is 0 Å². The summed E-state index contributed by atoms with van der Waals surface area (Å²) in [6.45, 7) is -1.61. The number of carbonyl (C=O) groups is 2. The molecule has 1 saturated heterocycles. The summed E-state index contributed by atoms with van der Waals surface area (Å²) in [5.74, 6) is -7.09. The Bertz CT molecular complexity index is 1530. The molecule has 7 rings (SSSR count). The number of nitrogens with zero attached hydrogens (tertiary/aromatic N) is 6. The van der Waals surface area contributed by atoms with Gasteiger partial charge in [-0.25, -0.2) is 36.5 Å². The fourth-order valence-corrected chi connectivity index (χ4v) is 6.57. The molecule has 3 saturated carbocycles. The van der Waals surface area contributed by atoms with Crippen molar-refractivity contribution in [1.29, 1.82) is 0 Å². The number of ether oxygens (including phenoxy) is 1. The number of amides is 3. The number of fused-ring (bicyclic) bond motifs is 2. The minimum atomic E-state index is -3.12. The van der Waals surface area contributed by atoms with E-state index in [4.69, 9.17) is 9.37 Å². The molecule has 16 heteroatoms. The molecule has 12 nitrogen and oxygen atoms in total. The molecule has 4 fully saturated rings. The Morgan fingerprint density at radius 3 is 2.69 bits per heavy atom. The van der Waals surface area contributed by atoms with Gasteiger partial charge in [-0.2, -0.15) is 5.10 Å². The van der Waals surface area contributed by atoms with Crippen LogP contribution in [0.4, 0.5) is 22.4 Å². The highest BCUT2D eigenvalue weighted by atomic mass is 19.3. The summed E-state index contributed by atoms with van der Waals surface area (Å²) in [7, 11) is 1.40. The largest absolute Gasteiger partial charge is 0.382 e. The predicted molar refractivity (Wildman–Crippen MR) is 134 cm³/mol. The molecule has 0 aromatic carbocycles. The standard InChI is InChI=1S/C26H28F4N8O4/c1-41-9-17(37-11-26(29,30)10-31-24(37)40)13-4-18-33-16(8-38(18)32-7-13)21(19-14-5-25(27,28)6-15(14)19)34-23(39)22-20(12-2-3-12)35-42-36-22/h4,7-8,12,14-15,17,19,21H,2-3,5-6,9-11H2,1H3,(H,31,40)(H,34,39)/t14-,15+,17-,19+,21-/m1/s1. The SMILES string of the molecule is COC[C@H](c1cnn2cc([C@@H](NC(=O)c3nonc3C3CC3)[C@H]3[C@@H]4CC(F)(F)C[C@@H]43)nc2c1)N1CC(F)(F)CNC1=O. The lowest BCUT2D eigenvalue weighted by molar-refractivity contribution is -0.0509. The molecule has 3 aliphatic carbocycles. The fourth-order valence-electron chi connectivity index (χ4n) is 6.57. The molecule has 3 aromatic rings. The minimum absolute atomic E-state index is 0.0672. The zero-order valence-corrected chi connectivity index (χ0v) is 22.5. The summed E-state index contributed by atoms with van der Waals surface area (Å²) in [5, 5.41) is 17.2. The van der Waals surface area contributed by atoms with E-state index in [-0.39, 0.29) is 48.8 Å². The summed E-state index contributed by atoms with van der Waals surface area (Å²) >= 11 is 0. The Morgan fingerprint density at radius 1 is 1.21 bits per heavy atom. The van der Waals surface area contributed by atoms with E-state index < -0.39 is 49.0 Å². The predicted octanol–water partition coefficient (Wildman–Crippen LogP) is 3.10. The summed E-state index contributed by atoms with van der Waals surface area (Å²) in [4.78, 5) is 31.5. The van der Waals surface area contributed by atoms with E-state index in [1.165, 1.54) is 17.8 Å². The molecular weight excluding hydrogens is 564 g/mol. The summed E-state index contributed by atoms with van der Waals surface area (Å²) in [5.41, 5.74) is 1.70. The topological polar surface area (TPSA) is 140 Å². The van der Waals surface area contributed by atoms with Crippen molar-refractivity contribution in [3.63, 3.8) is 0 Å². The van der Waals surface area contributed by atoms with E-state index in [9.17, 15) is 27.2 Å². The second kappa shape index (κ2) is 9.61. The normalized spacial score (nSPS) is 27.4. The lowest BCUT2D eigenvalue weighted by Gasteiger charge is -2.38. The Kier molecular flexibility index (Phi) is 6.18. The van der Waals surface area contributed by atoms with Gasteiger partial charge in [0.15, 0.2) is 11.3 Å². The van der Waals surface area contributed by atoms with Gasteiger partial charge < -0.3 is 20.3 Å². The number of carbonyl (C=O) groups excluding carboxylic acids is 2. The molecule has 3 amide bonds. The van der Waals surface area contributed by atoms with Gasteiger partial charge >= 0.3 is 6.03 Å². The third-order valence-corrected chi connectivity index (χ3v) is 8.76. The first-order chi connectivity index (χ1) is 20.0. The Morgan fingerprint density at radius 2 is 1.98 bits per heavy atom. The van der Waals surface area contributed by atoms with Crippen molar-refractivity contribution < 1.29 is 36.5 Å². The maximum absolute atomic E-state index is 14.2. The van der Waals surface area contributed by atoms with Gasteiger partial charge in [-0.1, -0.05) is 5.16 Å². The number of urea groups is 1. The molecule has 4 aliphatic rings. The number of hydrogen-bond donors (Lipinski definition) is 2. The second-order valence-corrected chi connectivity index (χ2v) is 11.8. The van der Waals surface area contributed by atoms with Gasteiger partial charge in [0.2, 0.25) is 5.92 Å². The van der Waals surface area contributed by atoms with Gasteiger partial charge in [0.1, 0.15) is 5.69 Å². The van der Waals surface area contributed by atoms with Gasteiger partial charge in [0.05, 0.1) is 49.9 Å². The van der Waals surface area contributed by atoms with Gasteiger partial charge in [0, 0.05) is 31.4 Å². The summed E-state index contributed by atoms with van der Waals surface area (Å²) in [6, 6.07) is -0.633. The van der Waals surface area contributed by atoms with Crippen molar-refractivity contribution in [2.24, 2.45) is 17.8 Å². The summed E-state index contributed by atoms with van der Waals surface area (Å²) in [6.07, 6.45) is 4.27. The van der Waals surface area contributed by atoms with Crippen LogP contribution in [-0.4, -0.2) is 80.4 Å². The molecule has 224 valence electrons. The molecule has 0 unspecified atom stereocenters. The maximum Gasteiger partial charge on any atom is 0.318 e. The quantitative estimate of drug-likeness (QED) is 0.362. The van der Waals surface area contributed by atoms with Crippen LogP contribution in [0.5, 0.6) is 0 Å². The van der Waals surface area contributed by atoms with Gasteiger partial charge in [-0.05, 0) is 41.8 Å². The van der Waals surface area contributed by atoms with Crippen molar-refractivity contribution >= 4 is 17.6 Å². The van der Waals surface area contributed by atoms with Crippen LogP contribution in [0.15, 0.2) is 23.1 Å². The van der Waals surface area contributed by atoms with Crippen molar-refractivity contribution in [1.82, 2.24) is 40.4 Å². The van der Waals surface area contributed by atoms with Crippen LogP contribution in [0, 0.1) is 17.8 Å². The lowest BCUT2D eigenvalue weighted by Crippen LogP contribution is -2.58. The molecule has 5 atom stereocenters. The average molecular weight is 593 g/mol. The number of aromatic nitrogens is 5. The number of rotatable bonds is 9. The Balaban J connectivity index is 1.19. The molecule has 0 radical (unpaired) electrons. The zero-order valence-electron chi connectivity index (χ0n) is 22.5. The van der Waals surface area contributed by atoms with Crippen LogP contribution >= 0.6 is 0 Å². The molecule has 4 heterocycles. The van der Waals surface area contributed by atoms with E-state index in [1.54, 1.807) is 12.3 Å². The highest BCUT2D eigenvalue weighted by molar-refractivity contribution is 5.93. The Hall–Kier alpha value is -3.82. The smallest absolute Gasteiger partial charge is 0.318 e. The number of alkyl halides is 4. The van der Waals surface area contributed by atoms with Gasteiger partial charge in [-0.15, -0.1) is 0 Å². The number of methoxy groups -OCH3 is 1. The van der Waals surface area contributed by atoms with Crippen LogP contribution in [0.3, 0.4) is 0 Å².